The van der Waals surface area contributed by atoms with Gasteiger partial charge in [-0.05, 0) is 30.2 Å². The number of H-pyrrole nitrogens is 1. The molecule has 0 amide bonds. The van der Waals surface area contributed by atoms with Crippen LogP contribution in [0.25, 0.3) is 27.8 Å². The Morgan fingerprint density at radius 3 is 2.80 bits per heavy atom. The summed E-state index contributed by atoms with van der Waals surface area (Å²) in [7, 11) is 0. The van der Waals surface area contributed by atoms with Gasteiger partial charge in [0, 0.05) is 17.6 Å². The summed E-state index contributed by atoms with van der Waals surface area (Å²) in [5.41, 5.74) is 3.44. The molecule has 1 aromatic carbocycles. The van der Waals surface area contributed by atoms with Crippen LogP contribution in [0.1, 0.15) is 25.6 Å². The zero-order valence-electron chi connectivity index (χ0n) is 16.4. The predicted octanol–water partition coefficient (Wildman–Crippen LogP) is 3.36. The highest BCUT2D eigenvalue weighted by Crippen LogP contribution is 2.32. The number of hydrogen-bond acceptors (Lipinski definition) is 5. The Hall–Kier alpha value is -3.88. The van der Waals surface area contributed by atoms with Gasteiger partial charge >= 0.3 is 0 Å². The van der Waals surface area contributed by atoms with Crippen molar-refractivity contribution in [1.29, 1.82) is 5.41 Å². The third-order valence-corrected chi connectivity index (χ3v) is 5.19. The Kier molecular flexibility index (Phi) is 4.16. The second-order valence-electron chi connectivity index (χ2n) is 7.46. The van der Waals surface area contributed by atoms with Crippen molar-refractivity contribution in [3.05, 3.63) is 72.4 Å². The predicted molar refractivity (Wildman–Crippen MR) is 110 cm³/mol. The third kappa shape index (κ3) is 2.78. The highest BCUT2D eigenvalue weighted by Gasteiger charge is 2.26. The maximum absolute atomic E-state index is 14.1. The lowest BCUT2D eigenvalue weighted by molar-refractivity contribution is 0.410. The normalized spacial score (nSPS) is 12.8. The van der Waals surface area contributed by atoms with Crippen LogP contribution < -0.4 is 5.49 Å². The zero-order chi connectivity index (χ0) is 20.8. The van der Waals surface area contributed by atoms with Gasteiger partial charge in [-0.15, -0.1) is 0 Å². The van der Waals surface area contributed by atoms with Crippen LogP contribution in [0.5, 0.6) is 0 Å². The number of benzene rings is 1. The number of rotatable bonds is 4. The number of pyridine rings is 1. The van der Waals surface area contributed by atoms with E-state index < -0.39 is 0 Å². The first-order valence-electron chi connectivity index (χ1n) is 9.58. The number of fused-ring (bicyclic) bond motifs is 2. The van der Waals surface area contributed by atoms with E-state index in [1.54, 1.807) is 34.0 Å². The molecule has 0 aliphatic carbocycles. The van der Waals surface area contributed by atoms with E-state index >= 15 is 0 Å². The van der Waals surface area contributed by atoms with Gasteiger partial charge in [-0.2, -0.15) is 5.10 Å². The van der Waals surface area contributed by atoms with Crippen molar-refractivity contribution in [2.45, 2.75) is 19.9 Å². The SMILES string of the molecule is CC(C)[C@@H](c1nn(-c2cccnc2)c2cc(F)ccc12)n1cnc2nc[nH]c2c1=N. The lowest BCUT2D eigenvalue weighted by atomic mass is 9.98. The molecule has 30 heavy (non-hydrogen) atoms. The minimum absolute atomic E-state index is 0.0896. The number of nitrogens with one attached hydrogen (secondary N) is 2. The summed E-state index contributed by atoms with van der Waals surface area (Å²) in [5.74, 6) is -0.249. The minimum atomic E-state index is -0.338. The van der Waals surface area contributed by atoms with Crippen molar-refractivity contribution in [2.75, 3.05) is 0 Å². The Bertz CT molecular complexity index is 1410. The third-order valence-electron chi connectivity index (χ3n) is 5.19. The second kappa shape index (κ2) is 6.87. The lowest BCUT2D eigenvalue weighted by Gasteiger charge is -2.22. The molecule has 0 aliphatic rings. The highest BCUT2D eigenvalue weighted by molar-refractivity contribution is 5.84. The summed E-state index contributed by atoms with van der Waals surface area (Å²) in [6.45, 7) is 4.12. The van der Waals surface area contributed by atoms with E-state index in [1.807, 2.05) is 12.1 Å². The first-order chi connectivity index (χ1) is 14.5. The molecule has 0 aliphatic heterocycles. The van der Waals surface area contributed by atoms with E-state index in [0.717, 1.165) is 16.8 Å². The maximum atomic E-state index is 14.1. The van der Waals surface area contributed by atoms with Crippen LogP contribution in [0.15, 0.2) is 55.4 Å². The number of halogens is 1. The Labute approximate surface area is 170 Å². The lowest BCUT2D eigenvalue weighted by Crippen LogP contribution is -2.29. The molecule has 5 rings (SSSR count). The molecule has 4 heterocycles. The maximum Gasteiger partial charge on any atom is 0.182 e. The van der Waals surface area contributed by atoms with E-state index in [1.165, 1.54) is 18.5 Å². The zero-order valence-corrected chi connectivity index (χ0v) is 16.4. The minimum Gasteiger partial charge on any atom is -0.340 e. The molecule has 150 valence electrons. The Morgan fingerprint density at radius 1 is 1.17 bits per heavy atom. The van der Waals surface area contributed by atoms with E-state index in [9.17, 15) is 4.39 Å². The molecule has 0 radical (unpaired) electrons. The van der Waals surface area contributed by atoms with Crippen LogP contribution in [0.4, 0.5) is 4.39 Å². The average Bonchev–Trinajstić information content (AvgIpc) is 3.36. The standard InChI is InChI=1S/C21H19FN8/c1-12(2)19(29-11-27-21-18(20(29)23)25-10-26-21)17-15-6-5-13(22)8-16(15)30(28-17)14-4-3-7-24-9-14/h3-12,19,23H,1-2H3,(H,25,26)/t19-/m0/s1. The van der Waals surface area contributed by atoms with E-state index in [2.05, 4.69) is 33.8 Å². The smallest absolute Gasteiger partial charge is 0.182 e. The van der Waals surface area contributed by atoms with E-state index in [0.29, 0.717) is 16.7 Å². The second-order valence-corrected chi connectivity index (χ2v) is 7.46. The fourth-order valence-corrected chi connectivity index (χ4v) is 3.85. The molecule has 0 saturated heterocycles. The number of aromatic amines is 1. The van der Waals surface area contributed by atoms with Crippen LogP contribution in [0, 0.1) is 17.1 Å². The van der Waals surface area contributed by atoms with Crippen molar-refractivity contribution >= 4 is 22.1 Å². The molecule has 9 heteroatoms. The first-order valence-corrected chi connectivity index (χ1v) is 9.58. The van der Waals surface area contributed by atoms with Gasteiger partial charge in [-0.1, -0.05) is 13.8 Å². The summed E-state index contributed by atoms with van der Waals surface area (Å²) in [6.07, 6.45) is 6.52. The van der Waals surface area contributed by atoms with Crippen molar-refractivity contribution in [2.24, 2.45) is 5.92 Å². The highest BCUT2D eigenvalue weighted by atomic mass is 19.1. The van der Waals surface area contributed by atoms with Crippen molar-refractivity contribution in [1.82, 2.24) is 34.3 Å². The van der Waals surface area contributed by atoms with Crippen molar-refractivity contribution in [3.63, 3.8) is 0 Å². The fourth-order valence-electron chi connectivity index (χ4n) is 3.85. The van der Waals surface area contributed by atoms with E-state index in [4.69, 9.17) is 10.5 Å². The largest absolute Gasteiger partial charge is 0.340 e. The molecule has 0 saturated carbocycles. The molecular formula is C21H19FN8. The molecule has 0 spiro atoms. The average molecular weight is 402 g/mol. The van der Waals surface area contributed by atoms with Crippen LogP contribution in [-0.4, -0.2) is 34.3 Å². The fraction of sp³-hybridized carbons (Fsp3) is 0.190. The molecular weight excluding hydrogens is 383 g/mol. The van der Waals surface area contributed by atoms with Gasteiger partial charge in [0.1, 0.15) is 11.3 Å². The summed E-state index contributed by atoms with van der Waals surface area (Å²) in [4.78, 5) is 15.7. The number of aromatic nitrogens is 7. The van der Waals surface area contributed by atoms with Crippen molar-refractivity contribution < 1.29 is 4.39 Å². The van der Waals surface area contributed by atoms with Crippen LogP contribution >= 0.6 is 0 Å². The molecule has 0 unspecified atom stereocenters. The topological polar surface area (TPSA) is 101 Å². The molecule has 5 aromatic rings. The quantitative estimate of drug-likeness (QED) is 0.481. The van der Waals surface area contributed by atoms with Gasteiger partial charge in [-0.25, -0.2) is 19.0 Å². The first kappa shape index (κ1) is 18.2. The Morgan fingerprint density at radius 2 is 2.03 bits per heavy atom. The van der Waals surface area contributed by atoms with Gasteiger partial charge in [0.05, 0.1) is 41.8 Å². The molecule has 8 nitrogen and oxygen atoms in total. The van der Waals surface area contributed by atoms with Gasteiger partial charge in [0.25, 0.3) is 0 Å². The van der Waals surface area contributed by atoms with Crippen molar-refractivity contribution in [3.8, 4) is 5.69 Å². The molecule has 0 bridgehead atoms. The molecule has 2 N–H and O–H groups in total. The van der Waals surface area contributed by atoms with Crippen LogP contribution in [0.2, 0.25) is 0 Å². The van der Waals surface area contributed by atoms with Gasteiger partial charge < -0.3 is 9.55 Å². The van der Waals surface area contributed by atoms with Crippen LogP contribution in [0.3, 0.4) is 0 Å². The molecule has 1 atom stereocenters. The van der Waals surface area contributed by atoms with Gasteiger partial charge in [-0.3, -0.25) is 10.4 Å². The van der Waals surface area contributed by atoms with Gasteiger partial charge in [0.15, 0.2) is 11.1 Å². The monoisotopic (exact) mass is 402 g/mol. The summed E-state index contributed by atoms with van der Waals surface area (Å²) >= 11 is 0. The number of imidazole rings is 1. The van der Waals surface area contributed by atoms with E-state index in [-0.39, 0.29) is 23.3 Å². The Balaban J connectivity index is 1.79. The molecule has 4 aromatic heterocycles. The number of hydrogen-bond donors (Lipinski definition) is 2. The van der Waals surface area contributed by atoms with Gasteiger partial charge in [0.2, 0.25) is 0 Å². The summed E-state index contributed by atoms with van der Waals surface area (Å²) in [6, 6.07) is 8.04. The summed E-state index contributed by atoms with van der Waals surface area (Å²) < 4.78 is 17.6. The number of nitrogens with zero attached hydrogens (tertiary/aromatic N) is 6. The summed E-state index contributed by atoms with van der Waals surface area (Å²) in [5, 5.41) is 14.4. The molecule has 0 fully saturated rings. The van der Waals surface area contributed by atoms with Crippen LogP contribution in [-0.2, 0) is 0 Å².